The topological polar surface area (TPSA) is 139 Å². The molecule has 0 spiro atoms. The first-order valence-corrected chi connectivity index (χ1v) is 11.8. The Balaban J connectivity index is 1.48. The van der Waals surface area contributed by atoms with E-state index in [1.165, 1.54) is 4.57 Å². The first kappa shape index (κ1) is 23.7. The molecule has 36 heavy (non-hydrogen) atoms. The van der Waals surface area contributed by atoms with Crippen LogP contribution in [0.15, 0.2) is 47.3 Å². The van der Waals surface area contributed by atoms with Crippen LogP contribution < -0.4 is 21.5 Å². The van der Waals surface area contributed by atoms with E-state index >= 15 is 0 Å². The predicted molar refractivity (Wildman–Crippen MR) is 132 cm³/mol. The lowest BCUT2D eigenvalue weighted by Crippen LogP contribution is -2.45. The smallest absolute Gasteiger partial charge is 0.262 e. The van der Waals surface area contributed by atoms with E-state index in [9.17, 15) is 24.0 Å². The number of anilines is 1. The number of fused-ring (bicyclic) bond motifs is 1. The van der Waals surface area contributed by atoms with E-state index in [0.717, 1.165) is 5.56 Å². The molecule has 2 aliphatic heterocycles. The van der Waals surface area contributed by atoms with Crippen LogP contribution >= 0.6 is 11.6 Å². The van der Waals surface area contributed by atoms with Crippen molar-refractivity contribution in [2.75, 3.05) is 5.32 Å². The molecule has 0 aliphatic carbocycles. The Labute approximate surface area is 210 Å². The zero-order chi connectivity index (χ0) is 25.6. The third kappa shape index (κ3) is 4.24. The van der Waals surface area contributed by atoms with E-state index in [0.29, 0.717) is 10.7 Å². The number of carbonyl (C=O) groups is 4. The first-order valence-electron chi connectivity index (χ1n) is 11.4. The quantitative estimate of drug-likeness (QED) is 0.461. The first-order chi connectivity index (χ1) is 17.2. The average Bonchev–Trinajstić information content (AvgIpc) is 3.23. The maximum Gasteiger partial charge on any atom is 0.262 e. The van der Waals surface area contributed by atoms with Crippen LogP contribution in [-0.4, -0.2) is 39.2 Å². The minimum Gasteiger partial charge on any atom is -0.344 e. The van der Waals surface area contributed by atoms with Crippen molar-refractivity contribution in [1.29, 1.82) is 0 Å². The third-order valence-corrected chi connectivity index (χ3v) is 6.81. The Morgan fingerprint density at radius 2 is 1.89 bits per heavy atom. The van der Waals surface area contributed by atoms with Gasteiger partial charge < -0.3 is 10.6 Å². The summed E-state index contributed by atoms with van der Waals surface area (Å²) in [5.41, 5.74) is 0.883. The second-order valence-corrected chi connectivity index (χ2v) is 9.34. The Kier molecular flexibility index (Phi) is 6.05. The molecule has 5 rings (SSSR count). The van der Waals surface area contributed by atoms with Crippen LogP contribution in [0.25, 0.3) is 10.9 Å². The van der Waals surface area contributed by atoms with Crippen LogP contribution in [0.1, 0.15) is 42.6 Å². The molecule has 0 saturated carbocycles. The van der Waals surface area contributed by atoms with Gasteiger partial charge in [0.15, 0.2) is 0 Å². The number of aryl methyl sites for hydroxylation is 1. The van der Waals surface area contributed by atoms with Crippen LogP contribution in [0.4, 0.5) is 5.69 Å². The third-order valence-electron chi connectivity index (χ3n) is 6.57. The molecule has 3 heterocycles. The van der Waals surface area contributed by atoms with Crippen molar-refractivity contribution in [1.82, 2.24) is 20.2 Å². The molecule has 184 valence electrons. The standard InChI is InChI=1S/C25H22ClN5O5/c1-12-27-21-15(25(36)31(12)18-8-9-19(32)30-23(18)34)6-3-7-17(21)28-24(35)22-16(11-20(33)29-22)13-4-2-5-14(26)10-13/h2-7,10,16,18,22H,8-9,11H2,1H3,(H,28,35)(H,29,33)(H,30,32,34)/t16-,18?,22+/m0/s1. The second-order valence-electron chi connectivity index (χ2n) is 8.90. The van der Waals surface area contributed by atoms with Crippen molar-refractivity contribution in [3.8, 4) is 0 Å². The fraction of sp³-hybridized carbons (Fsp3) is 0.280. The Morgan fingerprint density at radius 3 is 2.64 bits per heavy atom. The molecular weight excluding hydrogens is 486 g/mol. The number of nitrogens with zero attached hydrogens (tertiary/aromatic N) is 2. The number of para-hydroxylation sites is 1. The van der Waals surface area contributed by atoms with Gasteiger partial charge in [-0.2, -0.15) is 0 Å². The highest BCUT2D eigenvalue weighted by atomic mass is 35.5. The molecule has 2 aromatic carbocycles. The number of nitrogens with one attached hydrogen (secondary N) is 3. The fourth-order valence-electron chi connectivity index (χ4n) is 4.88. The zero-order valence-electron chi connectivity index (χ0n) is 19.2. The molecule has 4 amide bonds. The highest BCUT2D eigenvalue weighted by Crippen LogP contribution is 2.31. The number of aromatic nitrogens is 2. The second kappa shape index (κ2) is 9.19. The molecule has 0 bridgehead atoms. The van der Waals surface area contributed by atoms with Crippen LogP contribution in [0.2, 0.25) is 5.02 Å². The van der Waals surface area contributed by atoms with E-state index in [4.69, 9.17) is 11.6 Å². The van der Waals surface area contributed by atoms with E-state index in [2.05, 4.69) is 20.9 Å². The lowest BCUT2D eigenvalue weighted by molar-refractivity contribution is -0.136. The SMILES string of the molecule is Cc1nc2c(NC(=O)[C@@H]3NC(=O)C[C@H]3c3cccc(Cl)c3)cccc2c(=O)n1C1CCC(=O)NC1=O. The van der Waals surface area contributed by atoms with E-state index in [1.54, 1.807) is 43.3 Å². The van der Waals surface area contributed by atoms with Crippen molar-refractivity contribution in [3.63, 3.8) is 0 Å². The van der Waals surface area contributed by atoms with Crippen molar-refractivity contribution in [3.05, 3.63) is 69.2 Å². The Hall–Kier alpha value is -4.05. The van der Waals surface area contributed by atoms with Crippen LogP contribution in [0.5, 0.6) is 0 Å². The van der Waals surface area contributed by atoms with Crippen molar-refractivity contribution < 1.29 is 19.2 Å². The summed E-state index contributed by atoms with van der Waals surface area (Å²) in [6.45, 7) is 1.59. The summed E-state index contributed by atoms with van der Waals surface area (Å²) in [7, 11) is 0. The van der Waals surface area contributed by atoms with Gasteiger partial charge in [0, 0.05) is 23.8 Å². The molecule has 10 nitrogen and oxygen atoms in total. The number of hydrogen-bond acceptors (Lipinski definition) is 6. The summed E-state index contributed by atoms with van der Waals surface area (Å²) < 4.78 is 1.28. The van der Waals surface area contributed by atoms with Gasteiger partial charge in [0.2, 0.25) is 23.6 Å². The minimum absolute atomic E-state index is 0.122. The normalized spacial score (nSPS) is 21.8. The van der Waals surface area contributed by atoms with E-state index in [-0.39, 0.29) is 47.8 Å². The molecule has 2 aliphatic rings. The maximum atomic E-state index is 13.4. The number of carbonyl (C=O) groups excluding carboxylic acids is 4. The number of halogens is 1. The summed E-state index contributed by atoms with van der Waals surface area (Å²) in [6.07, 6.45) is 0.459. The summed E-state index contributed by atoms with van der Waals surface area (Å²) in [5, 5.41) is 8.51. The highest BCUT2D eigenvalue weighted by molar-refractivity contribution is 6.30. The summed E-state index contributed by atoms with van der Waals surface area (Å²) in [4.78, 5) is 67.3. The molecule has 2 fully saturated rings. The average molecular weight is 508 g/mol. The number of rotatable bonds is 4. The Bertz CT molecular complexity index is 1500. The van der Waals surface area contributed by atoms with Gasteiger partial charge in [-0.3, -0.25) is 33.9 Å². The molecule has 3 atom stereocenters. The van der Waals surface area contributed by atoms with Gasteiger partial charge >= 0.3 is 0 Å². The molecular formula is C25H22ClN5O5. The number of piperidine rings is 1. The van der Waals surface area contributed by atoms with Gasteiger partial charge in [0.25, 0.3) is 5.56 Å². The predicted octanol–water partition coefficient (Wildman–Crippen LogP) is 1.95. The van der Waals surface area contributed by atoms with Gasteiger partial charge in [-0.25, -0.2) is 4.98 Å². The molecule has 3 N–H and O–H groups in total. The summed E-state index contributed by atoms with van der Waals surface area (Å²) in [6, 6.07) is 10.1. The number of benzene rings is 2. The molecule has 0 radical (unpaired) electrons. The molecule has 2 saturated heterocycles. The number of imide groups is 1. The summed E-state index contributed by atoms with van der Waals surface area (Å²) >= 11 is 6.11. The van der Waals surface area contributed by atoms with E-state index in [1.807, 2.05) is 6.07 Å². The monoisotopic (exact) mass is 507 g/mol. The van der Waals surface area contributed by atoms with Crippen LogP contribution in [-0.2, 0) is 19.2 Å². The molecule has 11 heteroatoms. The van der Waals surface area contributed by atoms with Gasteiger partial charge in [-0.1, -0.05) is 29.8 Å². The number of amides is 4. The van der Waals surface area contributed by atoms with Gasteiger partial charge in [-0.15, -0.1) is 0 Å². The lowest BCUT2D eigenvalue weighted by atomic mass is 9.91. The van der Waals surface area contributed by atoms with Gasteiger partial charge in [-0.05, 0) is 43.2 Å². The number of hydrogen-bond donors (Lipinski definition) is 3. The van der Waals surface area contributed by atoms with Crippen molar-refractivity contribution in [2.24, 2.45) is 0 Å². The van der Waals surface area contributed by atoms with Crippen molar-refractivity contribution >= 4 is 51.8 Å². The lowest BCUT2D eigenvalue weighted by Gasteiger charge is -2.24. The molecule has 1 unspecified atom stereocenters. The Morgan fingerprint density at radius 1 is 1.11 bits per heavy atom. The van der Waals surface area contributed by atoms with Gasteiger partial charge in [0.05, 0.1) is 11.1 Å². The minimum atomic E-state index is -0.850. The van der Waals surface area contributed by atoms with Gasteiger partial charge in [0.1, 0.15) is 23.4 Å². The van der Waals surface area contributed by atoms with E-state index < -0.39 is 35.4 Å². The largest absolute Gasteiger partial charge is 0.344 e. The van der Waals surface area contributed by atoms with Crippen molar-refractivity contribution in [2.45, 2.75) is 44.2 Å². The highest BCUT2D eigenvalue weighted by Gasteiger charge is 2.39. The van der Waals surface area contributed by atoms with Crippen LogP contribution in [0, 0.1) is 6.92 Å². The summed E-state index contributed by atoms with van der Waals surface area (Å²) in [5.74, 6) is -1.77. The molecule has 1 aromatic heterocycles. The molecule has 3 aromatic rings. The van der Waals surface area contributed by atoms with Crippen LogP contribution in [0.3, 0.4) is 0 Å². The maximum absolute atomic E-state index is 13.4. The fourth-order valence-corrected chi connectivity index (χ4v) is 5.08. The zero-order valence-corrected chi connectivity index (χ0v) is 20.0.